The molecule has 0 aliphatic carbocycles. The van der Waals surface area contributed by atoms with Gasteiger partial charge in [0.25, 0.3) is 0 Å². The third-order valence-corrected chi connectivity index (χ3v) is 5.84. The van der Waals surface area contributed by atoms with Gasteiger partial charge in [0.15, 0.2) is 9.84 Å². The van der Waals surface area contributed by atoms with Gasteiger partial charge < -0.3 is 10.6 Å². The van der Waals surface area contributed by atoms with Crippen LogP contribution >= 0.6 is 0 Å². The number of benzene rings is 1. The molecule has 5 nitrogen and oxygen atoms in total. The summed E-state index contributed by atoms with van der Waals surface area (Å²) in [5.41, 5.74) is 3.55. The van der Waals surface area contributed by atoms with E-state index in [1.165, 1.54) is 16.7 Å². The Morgan fingerprint density at radius 1 is 1.36 bits per heavy atom. The van der Waals surface area contributed by atoms with Crippen LogP contribution in [-0.2, 0) is 14.6 Å². The Labute approximate surface area is 132 Å². The van der Waals surface area contributed by atoms with E-state index >= 15 is 0 Å². The predicted octanol–water partition coefficient (Wildman–Crippen LogP) is 1.26. The number of amides is 1. The van der Waals surface area contributed by atoms with Crippen LogP contribution < -0.4 is 10.6 Å². The van der Waals surface area contributed by atoms with Crippen LogP contribution in [0.4, 0.5) is 0 Å². The molecule has 0 aromatic heterocycles. The SMILES string of the molecule is Cc1ccc(C)c([C@H](C)NCC(=O)N[C@@H]2CCS(=O)(=O)C2)c1. The van der Waals surface area contributed by atoms with Gasteiger partial charge in [-0.1, -0.05) is 23.8 Å². The third kappa shape index (κ3) is 4.55. The van der Waals surface area contributed by atoms with Gasteiger partial charge in [-0.3, -0.25) is 4.79 Å². The fraction of sp³-hybridized carbons (Fsp3) is 0.562. The Bertz CT molecular complexity index is 655. The van der Waals surface area contributed by atoms with Gasteiger partial charge in [0.1, 0.15) is 0 Å². The van der Waals surface area contributed by atoms with Crippen LogP contribution in [0.25, 0.3) is 0 Å². The van der Waals surface area contributed by atoms with Crippen molar-refractivity contribution >= 4 is 15.7 Å². The fourth-order valence-electron chi connectivity index (χ4n) is 2.77. The highest BCUT2D eigenvalue weighted by molar-refractivity contribution is 7.91. The largest absolute Gasteiger partial charge is 0.351 e. The van der Waals surface area contributed by atoms with Gasteiger partial charge in [-0.05, 0) is 38.3 Å². The van der Waals surface area contributed by atoms with E-state index in [4.69, 9.17) is 0 Å². The summed E-state index contributed by atoms with van der Waals surface area (Å²) in [5, 5.41) is 5.99. The zero-order valence-corrected chi connectivity index (χ0v) is 14.2. The molecule has 22 heavy (non-hydrogen) atoms. The average molecular weight is 324 g/mol. The first-order valence-corrected chi connectivity index (χ1v) is 9.39. The molecular formula is C16H24N2O3S. The molecule has 1 amide bonds. The van der Waals surface area contributed by atoms with E-state index < -0.39 is 9.84 Å². The van der Waals surface area contributed by atoms with E-state index in [2.05, 4.69) is 35.8 Å². The van der Waals surface area contributed by atoms with Crippen molar-refractivity contribution in [3.63, 3.8) is 0 Å². The van der Waals surface area contributed by atoms with Crippen LogP contribution in [0.1, 0.15) is 36.1 Å². The maximum absolute atomic E-state index is 11.9. The Morgan fingerprint density at radius 3 is 2.73 bits per heavy atom. The van der Waals surface area contributed by atoms with E-state index in [0.29, 0.717) is 6.42 Å². The number of rotatable bonds is 5. The minimum atomic E-state index is -2.96. The lowest BCUT2D eigenvalue weighted by molar-refractivity contribution is -0.120. The van der Waals surface area contributed by atoms with Gasteiger partial charge in [0.05, 0.1) is 18.1 Å². The zero-order chi connectivity index (χ0) is 16.3. The third-order valence-electron chi connectivity index (χ3n) is 4.07. The molecule has 1 fully saturated rings. The minimum Gasteiger partial charge on any atom is -0.351 e. The molecule has 1 aliphatic rings. The molecule has 2 N–H and O–H groups in total. The summed E-state index contributed by atoms with van der Waals surface area (Å²) in [6.45, 7) is 6.31. The first-order valence-electron chi connectivity index (χ1n) is 7.57. The highest BCUT2D eigenvalue weighted by atomic mass is 32.2. The highest BCUT2D eigenvalue weighted by Gasteiger charge is 2.28. The first-order chi connectivity index (χ1) is 10.3. The van der Waals surface area contributed by atoms with E-state index in [1.54, 1.807) is 0 Å². The molecule has 1 aromatic carbocycles. The van der Waals surface area contributed by atoms with Gasteiger partial charge in [0, 0.05) is 12.1 Å². The Morgan fingerprint density at radius 2 is 2.09 bits per heavy atom. The summed E-state index contributed by atoms with van der Waals surface area (Å²) in [4.78, 5) is 11.9. The predicted molar refractivity (Wildman–Crippen MR) is 87.5 cm³/mol. The first kappa shape index (κ1) is 17.0. The van der Waals surface area contributed by atoms with Crippen molar-refractivity contribution in [1.29, 1.82) is 0 Å². The summed E-state index contributed by atoms with van der Waals surface area (Å²) in [6.07, 6.45) is 0.514. The summed E-state index contributed by atoms with van der Waals surface area (Å²) >= 11 is 0. The second-order valence-electron chi connectivity index (χ2n) is 6.13. The molecule has 0 saturated carbocycles. The minimum absolute atomic E-state index is 0.0608. The summed E-state index contributed by atoms with van der Waals surface area (Å²) < 4.78 is 22.8. The molecule has 0 bridgehead atoms. The summed E-state index contributed by atoms with van der Waals surface area (Å²) in [7, 11) is -2.96. The molecule has 0 radical (unpaired) electrons. The van der Waals surface area contributed by atoms with Crippen LogP contribution in [0, 0.1) is 13.8 Å². The Balaban J connectivity index is 1.84. The average Bonchev–Trinajstić information content (AvgIpc) is 2.78. The topological polar surface area (TPSA) is 75.3 Å². The second kappa shape index (κ2) is 6.79. The van der Waals surface area contributed by atoms with Crippen molar-refractivity contribution in [3.05, 3.63) is 34.9 Å². The molecule has 6 heteroatoms. The summed E-state index contributed by atoms with van der Waals surface area (Å²) in [6, 6.07) is 6.09. The van der Waals surface area contributed by atoms with Crippen LogP contribution in [0.2, 0.25) is 0 Å². The van der Waals surface area contributed by atoms with Crippen molar-refractivity contribution in [3.8, 4) is 0 Å². The number of nitrogens with one attached hydrogen (secondary N) is 2. The number of carbonyl (C=O) groups is 1. The van der Waals surface area contributed by atoms with Gasteiger partial charge in [0.2, 0.25) is 5.91 Å². The maximum Gasteiger partial charge on any atom is 0.234 e. The summed E-state index contributed by atoms with van der Waals surface area (Å²) in [5.74, 6) is 0.0782. The fourth-order valence-corrected chi connectivity index (χ4v) is 4.44. The molecule has 1 heterocycles. The van der Waals surface area contributed by atoms with E-state index in [-0.39, 0.29) is 36.0 Å². The monoisotopic (exact) mass is 324 g/mol. The number of hydrogen-bond donors (Lipinski definition) is 2. The van der Waals surface area contributed by atoms with Gasteiger partial charge in [-0.2, -0.15) is 0 Å². The normalized spacial score (nSPS) is 21.5. The number of sulfone groups is 1. The van der Waals surface area contributed by atoms with Gasteiger partial charge >= 0.3 is 0 Å². The molecule has 2 atom stereocenters. The Hall–Kier alpha value is -1.40. The number of hydrogen-bond acceptors (Lipinski definition) is 4. The van der Waals surface area contributed by atoms with Crippen molar-refractivity contribution in [2.24, 2.45) is 0 Å². The van der Waals surface area contributed by atoms with Crippen LogP contribution in [0.15, 0.2) is 18.2 Å². The van der Waals surface area contributed by atoms with Gasteiger partial charge in [-0.15, -0.1) is 0 Å². The molecule has 122 valence electrons. The van der Waals surface area contributed by atoms with E-state index in [1.807, 2.05) is 13.8 Å². The highest BCUT2D eigenvalue weighted by Crippen LogP contribution is 2.18. The zero-order valence-electron chi connectivity index (χ0n) is 13.3. The van der Waals surface area contributed by atoms with Crippen LogP contribution in [-0.4, -0.2) is 38.4 Å². The Kier molecular flexibility index (Phi) is 5.24. The van der Waals surface area contributed by atoms with Crippen molar-refractivity contribution in [2.45, 2.75) is 39.3 Å². The maximum atomic E-state index is 11.9. The molecule has 1 saturated heterocycles. The lowest BCUT2D eigenvalue weighted by Crippen LogP contribution is -2.41. The molecule has 1 aromatic rings. The number of carbonyl (C=O) groups excluding carboxylic acids is 1. The molecule has 0 unspecified atom stereocenters. The van der Waals surface area contributed by atoms with Crippen molar-refractivity contribution in [2.75, 3.05) is 18.1 Å². The molecule has 2 rings (SSSR count). The van der Waals surface area contributed by atoms with E-state index in [9.17, 15) is 13.2 Å². The molecule has 1 aliphatic heterocycles. The van der Waals surface area contributed by atoms with E-state index in [0.717, 1.165) is 0 Å². The van der Waals surface area contributed by atoms with Crippen LogP contribution in [0.5, 0.6) is 0 Å². The van der Waals surface area contributed by atoms with Crippen molar-refractivity contribution in [1.82, 2.24) is 10.6 Å². The van der Waals surface area contributed by atoms with Crippen molar-refractivity contribution < 1.29 is 13.2 Å². The smallest absolute Gasteiger partial charge is 0.234 e. The van der Waals surface area contributed by atoms with Gasteiger partial charge in [-0.25, -0.2) is 8.42 Å². The lowest BCUT2D eigenvalue weighted by Gasteiger charge is -2.18. The standard InChI is InChI=1S/C16H24N2O3S/c1-11-4-5-12(2)15(8-11)13(3)17-9-16(19)18-14-6-7-22(20,21)10-14/h4-5,8,13-14,17H,6-7,9-10H2,1-3H3,(H,18,19)/t13-,14+/m0/s1. The molecule has 0 spiro atoms. The molecular weight excluding hydrogens is 300 g/mol. The second-order valence-corrected chi connectivity index (χ2v) is 8.36. The lowest BCUT2D eigenvalue weighted by atomic mass is 10.00. The number of aryl methyl sites for hydroxylation is 2. The quantitative estimate of drug-likeness (QED) is 0.855. The van der Waals surface area contributed by atoms with Crippen LogP contribution in [0.3, 0.4) is 0 Å².